The van der Waals surface area contributed by atoms with E-state index in [0.717, 1.165) is 4.88 Å². The van der Waals surface area contributed by atoms with Gasteiger partial charge in [-0.05, 0) is 19.8 Å². The van der Waals surface area contributed by atoms with Crippen molar-refractivity contribution in [3.05, 3.63) is 11.1 Å². The highest BCUT2D eigenvalue weighted by molar-refractivity contribution is 7.15. The molecule has 1 saturated heterocycles. The summed E-state index contributed by atoms with van der Waals surface area (Å²) in [6, 6.07) is -0.438. The van der Waals surface area contributed by atoms with E-state index in [0.29, 0.717) is 31.2 Å². The number of amides is 2. The quantitative estimate of drug-likeness (QED) is 0.781. The van der Waals surface area contributed by atoms with Crippen LogP contribution >= 0.6 is 11.3 Å². The maximum Gasteiger partial charge on any atom is 0.321 e. The number of thiazole rings is 1. The topological polar surface area (TPSA) is 101 Å². The molecule has 0 unspecified atom stereocenters. The Morgan fingerprint density at radius 1 is 1.50 bits per heavy atom. The molecule has 1 aromatic heterocycles. The van der Waals surface area contributed by atoms with Crippen LogP contribution in [0.2, 0.25) is 0 Å². The number of aromatic nitrogens is 1. The first-order valence-corrected chi connectivity index (χ1v) is 7.12. The molecule has 20 heavy (non-hydrogen) atoms. The van der Waals surface area contributed by atoms with Gasteiger partial charge in [-0.2, -0.15) is 0 Å². The van der Waals surface area contributed by atoms with Gasteiger partial charge >= 0.3 is 12.0 Å². The predicted molar refractivity (Wildman–Crippen MR) is 74.0 cm³/mol. The van der Waals surface area contributed by atoms with Gasteiger partial charge in [0.1, 0.15) is 0 Å². The van der Waals surface area contributed by atoms with Crippen molar-refractivity contribution < 1.29 is 19.4 Å². The number of carbonyl (C=O) groups is 2. The molecule has 2 rings (SSSR count). The second-order valence-corrected chi connectivity index (χ2v) is 6.02. The first kappa shape index (κ1) is 14.7. The first-order chi connectivity index (χ1) is 9.52. The molecule has 1 aromatic rings. The van der Waals surface area contributed by atoms with E-state index in [-0.39, 0.29) is 6.54 Å². The van der Waals surface area contributed by atoms with Gasteiger partial charge in [0.15, 0.2) is 5.13 Å². The highest BCUT2D eigenvalue weighted by Crippen LogP contribution is 2.30. The molecule has 0 radical (unpaired) electrons. The normalized spacial score (nSPS) is 17.4. The van der Waals surface area contributed by atoms with Crippen molar-refractivity contribution >= 4 is 28.5 Å². The Kier molecular flexibility index (Phi) is 4.56. The lowest BCUT2D eigenvalue weighted by atomic mass is 9.80. The van der Waals surface area contributed by atoms with Gasteiger partial charge in [0, 0.05) is 30.8 Å². The predicted octanol–water partition coefficient (Wildman–Crippen LogP) is 1.45. The Morgan fingerprint density at radius 2 is 2.20 bits per heavy atom. The van der Waals surface area contributed by atoms with Gasteiger partial charge in [-0.15, -0.1) is 11.3 Å². The van der Waals surface area contributed by atoms with E-state index in [9.17, 15) is 14.7 Å². The molecule has 0 atom stereocenters. The molecular formula is C12H17N3O4S. The number of carboxylic acid groups (broad SMARTS) is 1. The molecule has 1 aliphatic heterocycles. The number of rotatable bonds is 4. The van der Waals surface area contributed by atoms with Gasteiger partial charge in [-0.25, -0.2) is 9.78 Å². The van der Waals surface area contributed by atoms with Crippen molar-refractivity contribution in [3.8, 4) is 0 Å². The zero-order chi connectivity index (χ0) is 14.6. The minimum Gasteiger partial charge on any atom is -0.481 e. The van der Waals surface area contributed by atoms with Crippen LogP contribution in [0.5, 0.6) is 0 Å². The summed E-state index contributed by atoms with van der Waals surface area (Å²) in [6.45, 7) is 2.78. The van der Waals surface area contributed by atoms with Gasteiger partial charge in [-0.3, -0.25) is 10.1 Å². The fourth-order valence-corrected chi connectivity index (χ4v) is 2.69. The molecule has 0 spiro atoms. The minimum absolute atomic E-state index is 0.0852. The molecule has 8 heteroatoms. The summed E-state index contributed by atoms with van der Waals surface area (Å²) in [5.74, 6) is -0.897. The van der Waals surface area contributed by atoms with Crippen molar-refractivity contribution in [1.82, 2.24) is 10.3 Å². The molecule has 1 aliphatic rings. The third kappa shape index (κ3) is 3.45. The van der Waals surface area contributed by atoms with E-state index in [2.05, 4.69) is 15.6 Å². The number of nitrogens with zero attached hydrogens (tertiary/aromatic N) is 1. The van der Waals surface area contributed by atoms with Gasteiger partial charge in [0.05, 0.1) is 5.41 Å². The second-order valence-electron chi connectivity index (χ2n) is 4.78. The number of hydrogen-bond donors (Lipinski definition) is 3. The summed E-state index contributed by atoms with van der Waals surface area (Å²) in [7, 11) is 0. The van der Waals surface area contributed by atoms with Crippen LogP contribution in [-0.2, 0) is 9.53 Å². The van der Waals surface area contributed by atoms with Crippen LogP contribution in [0.1, 0.15) is 17.7 Å². The Balaban J connectivity index is 1.89. The van der Waals surface area contributed by atoms with Crippen molar-refractivity contribution in [3.63, 3.8) is 0 Å². The molecule has 0 bridgehead atoms. The number of hydrogen-bond acceptors (Lipinski definition) is 5. The molecule has 3 N–H and O–H groups in total. The molecule has 0 saturated carbocycles. The average Bonchev–Trinajstić information content (AvgIpc) is 2.83. The highest BCUT2D eigenvalue weighted by Gasteiger charge is 2.40. The van der Waals surface area contributed by atoms with Gasteiger partial charge < -0.3 is 15.2 Å². The maximum atomic E-state index is 11.7. The number of aryl methyl sites for hydroxylation is 1. The fourth-order valence-electron chi connectivity index (χ4n) is 2.03. The molecule has 110 valence electrons. The molecule has 0 aromatic carbocycles. The van der Waals surface area contributed by atoms with Gasteiger partial charge in [0.25, 0.3) is 0 Å². The fraction of sp³-hybridized carbons (Fsp3) is 0.583. The number of aliphatic carboxylic acids is 1. The zero-order valence-corrected chi connectivity index (χ0v) is 12.0. The monoisotopic (exact) mass is 299 g/mol. The number of carbonyl (C=O) groups excluding carboxylic acids is 1. The lowest BCUT2D eigenvalue weighted by molar-refractivity contribution is -0.154. The number of ether oxygens (including phenoxy) is 1. The van der Waals surface area contributed by atoms with E-state index >= 15 is 0 Å². The number of carboxylic acids is 1. The maximum absolute atomic E-state index is 11.7. The molecule has 0 aliphatic carbocycles. The van der Waals surface area contributed by atoms with Crippen molar-refractivity contribution in [2.45, 2.75) is 19.8 Å². The molecule has 2 amide bonds. The van der Waals surface area contributed by atoms with Crippen LogP contribution in [0.15, 0.2) is 6.20 Å². The summed E-state index contributed by atoms with van der Waals surface area (Å²) in [6.07, 6.45) is 2.47. The number of nitrogens with one attached hydrogen (secondary N) is 2. The zero-order valence-electron chi connectivity index (χ0n) is 11.1. The van der Waals surface area contributed by atoms with Crippen LogP contribution in [0.25, 0.3) is 0 Å². The van der Waals surface area contributed by atoms with Gasteiger partial charge in [0.2, 0.25) is 0 Å². The van der Waals surface area contributed by atoms with Gasteiger partial charge in [-0.1, -0.05) is 0 Å². The van der Waals surface area contributed by atoms with E-state index in [1.807, 2.05) is 6.92 Å². The van der Waals surface area contributed by atoms with Crippen LogP contribution < -0.4 is 10.6 Å². The first-order valence-electron chi connectivity index (χ1n) is 6.30. The SMILES string of the molecule is Cc1cnc(NC(=O)NCC2(C(=O)O)CCOCC2)s1. The van der Waals surface area contributed by atoms with Crippen LogP contribution in [0, 0.1) is 12.3 Å². The number of urea groups is 1. The van der Waals surface area contributed by atoms with Crippen molar-refractivity contribution in [2.24, 2.45) is 5.41 Å². The Hall–Kier alpha value is -1.67. The van der Waals surface area contributed by atoms with Crippen molar-refractivity contribution in [2.75, 3.05) is 25.1 Å². The Bertz CT molecular complexity index is 497. The molecule has 1 fully saturated rings. The van der Waals surface area contributed by atoms with E-state index < -0.39 is 17.4 Å². The summed E-state index contributed by atoms with van der Waals surface area (Å²) >= 11 is 1.36. The largest absolute Gasteiger partial charge is 0.481 e. The Labute approximate surface area is 120 Å². The Morgan fingerprint density at radius 3 is 2.75 bits per heavy atom. The third-order valence-corrected chi connectivity index (χ3v) is 4.16. The summed E-state index contributed by atoms with van der Waals surface area (Å²) < 4.78 is 5.18. The molecule has 2 heterocycles. The third-order valence-electron chi connectivity index (χ3n) is 3.33. The van der Waals surface area contributed by atoms with Crippen molar-refractivity contribution in [1.29, 1.82) is 0 Å². The smallest absolute Gasteiger partial charge is 0.321 e. The average molecular weight is 299 g/mol. The molecule has 7 nitrogen and oxygen atoms in total. The second kappa shape index (κ2) is 6.19. The lowest BCUT2D eigenvalue weighted by Gasteiger charge is -2.33. The summed E-state index contributed by atoms with van der Waals surface area (Å²) in [4.78, 5) is 28.2. The van der Waals surface area contributed by atoms with Crippen LogP contribution in [0.4, 0.5) is 9.93 Å². The highest BCUT2D eigenvalue weighted by atomic mass is 32.1. The summed E-state index contributed by atoms with van der Waals surface area (Å²) in [5.41, 5.74) is -0.936. The minimum atomic E-state index is -0.936. The lowest BCUT2D eigenvalue weighted by Crippen LogP contribution is -2.47. The number of anilines is 1. The van der Waals surface area contributed by atoms with Crippen LogP contribution in [0.3, 0.4) is 0 Å². The van der Waals surface area contributed by atoms with E-state index in [1.165, 1.54) is 11.3 Å². The summed E-state index contributed by atoms with van der Waals surface area (Å²) in [5, 5.41) is 15.1. The molecular weight excluding hydrogens is 282 g/mol. The van der Waals surface area contributed by atoms with Crippen LogP contribution in [-0.4, -0.2) is 41.8 Å². The van der Waals surface area contributed by atoms with E-state index in [4.69, 9.17) is 4.74 Å². The standard InChI is InChI=1S/C12H17N3O4S/c1-8-6-13-11(20-8)15-10(18)14-7-12(9(16)17)2-4-19-5-3-12/h6H,2-5,7H2,1H3,(H,16,17)(H2,13,14,15,18). The van der Waals surface area contributed by atoms with E-state index in [1.54, 1.807) is 6.20 Å².